The minimum atomic E-state index is -0.613. The summed E-state index contributed by atoms with van der Waals surface area (Å²) < 4.78 is 16.4. The molecule has 0 radical (unpaired) electrons. The van der Waals surface area contributed by atoms with Gasteiger partial charge >= 0.3 is 5.63 Å². The van der Waals surface area contributed by atoms with Crippen LogP contribution in [0.1, 0.15) is 32.1 Å². The number of benzene rings is 2. The van der Waals surface area contributed by atoms with Crippen LogP contribution in [0, 0.1) is 5.92 Å². The first-order valence-corrected chi connectivity index (χ1v) is 11.1. The highest BCUT2D eigenvalue weighted by atomic mass is 16.5. The van der Waals surface area contributed by atoms with Gasteiger partial charge in [0.2, 0.25) is 0 Å². The van der Waals surface area contributed by atoms with E-state index in [2.05, 4.69) is 0 Å². The van der Waals surface area contributed by atoms with Crippen molar-refractivity contribution in [3.05, 3.63) is 46.8 Å². The van der Waals surface area contributed by atoms with Gasteiger partial charge in [0.05, 0.1) is 18.1 Å². The SMILES string of the molecule is COc1ccc2c(c1)c(=O)oc1cc(OCC(=O)N3CC[C@]4(O)CCCC[C@H]4C3)ccc12. The van der Waals surface area contributed by atoms with Crippen molar-refractivity contribution in [3.63, 3.8) is 0 Å². The molecule has 3 aromatic rings. The lowest BCUT2D eigenvalue weighted by Crippen LogP contribution is -2.55. The Bertz CT molecular complexity index is 1230. The molecule has 2 fully saturated rings. The highest BCUT2D eigenvalue weighted by molar-refractivity contribution is 6.04. The number of piperidine rings is 1. The smallest absolute Gasteiger partial charge is 0.344 e. The Kier molecular flexibility index (Phi) is 5.29. The molecule has 0 unspecified atom stereocenters. The van der Waals surface area contributed by atoms with Crippen molar-refractivity contribution in [1.82, 2.24) is 4.90 Å². The van der Waals surface area contributed by atoms with E-state index in [0.29, 0.717) is 42.0 Å². The number of nitrogens with zero attached hydrogens (tertiary/aromatic N) is 1. The second-order valence-corrected chi connectivity index (χ2v) is 8.88. The zero-order chi connectivity index (χ0) is 22.3. The van der Waals surface area contributed by atoms with Crippen molar-refractivity contribution in [2.45, 2.75) is 37.7 Å². The highest BCUT2D eigenvalue weighted by Gasteiger charge is 2.43. The number of fused-ring (bicyclic) bond motifs is 4. The van der Waals surface area contributed by atoms with Crippen molar-refractivity contribution in [1.29, 1.82) is 0 Å². The zero-order valence-electron chi connectivity index (χ0n) is 18.1. The number of methoxy groups -OCH3 is 1. The third-order valence-electron chi connectivity index (χ3n) is 7.04. The predicted molar refractivity (Wildman–Crippen MR) is 120 cm³/mol. The number of aliphatic hydroxyl groups is 1. The maximum atomic E-state index is 12.7. The monoisotopic (exact) mass is 437 g/mol. The van der Waals surface area contributed by atoms with E-state index in [1.54, 1.807) is 36.3 Å². The van der Waals surface area contributed by atoms with Crippen LogP contribution in [-0.4, -0.2) is 48.3 Å². The summed E-state index contributed by atoms with van der Waals surface area (Å²) in [6.07, 6.45) is 4.59. The molecule has 1 N–H and O–H groups in total. The number of likely N-dealkylation sites (tertiary alicyclic amines) is 1. The Morgan fingerprint density at radius 1 is 1.12 bits per heavy atom. The van der Waals surface area contributed by atoms with Crippen molar-refractivity contribution < 1.29 is 23.8 Å². The summed E-state index contributed by atoms with van der Waals surface area (Å²) in [6.45, 7) is 1.05. The van der Waals surface area contributed by atoms with Crippen molar-refractivity contribution >= 4 is 27.6 Å². The van der Waals surface area contributed by atoms with Crippen LogP contribution in [0.25, 0.3) is 21.7 Å². The Morgan fingerprint density at radius 3 is 2.78 bits per heavy atom. The van der Waals surface area contributed by atoms with E-state index in [4.69, 9.17) is 13.9 Å². The van der Waals surface area contributed by atoms with Gasteiger partial charge in [-0.05, 0) is 49.6 Å². The van der Waals surface area contributed by atoms with Gasteiger partial charge in [0.1, 0.15) is 17.1 Å². The number of rotatable bonds is 4. The average Bonchev–Trinajstić information content (AvgIpc) is 2.81. The number of carbonyl (C=O) groups is 1. The molecule has 1 saturated carbocycles. The number of hydrogen-bond acceptors (Lipinski definition) is 6. The molecule has 168 valence electrons. The van der Waals surface area contributed by atoms with E-state index >= 15 is 0 Å². The molecule has 0 bridgehead atoms. The van der Waals surface area contributed by atoms with Gasteiger partial charge in [0, 0.05) is 35.8 Å². The minimum Gasteiger partial charge on any atom is -0.497 e. The lowest BCUT2D eigenvalue weighted by Gasteiger charge is -2.47. The van der Waals surface area contributed by atoms with E-state index < -0.39 is 11.2 Å². The number of ether oxygens (including phenoxy) is 2. The minimum absolute atomic E-state index is 0.0916. The number of hydrogen-bond donors (Lipinski definition) is 1. The van der Waals surface area contributed by atoms with Crippen LogP contribution in [0.4, 0.5) is 0 Å². The van der Waals surface area contributed by atoms with Gasteiger partial charge in [-0.3, -0.25) is 4.79 Å². The van der Waals surface area contributed by atoms with E-state index in [-0.39, 0.29) is 18.4 Å². The first-order chi connectivity index (χ1) is 15.5. The largest absolute Gasteiger partial charge is 0.497 e. The molecule has 7 nitrogen and oxygen atoms in total. The molecule has 2 aliphatic rings. The quantitative estimate of drug-likeness (QED) is 0.497. The molecule has 2 heterocycles. The number of amides is 1. The van der Waals surface area contributed by atoms with Crippen LogP contribution in [0.2, 0.25) is 0 Å². The van der Waals surface area contributed by atoms with Gasteiger partial charge in [0.15, 0.2) is 6.61 Å². The fourth-order valence-electron chi connectivity index (χ4n) is 5.14. The van der Waals surface area contributed by atoms with Gasteiger partial charge in [-0.15, -0.1) is 0 Å². The third-order valence-corrected chi connectivity index (χ3v) is 7.04. The molecule has 1 amide bonds. The van der Waals surface area contributed by atoms with Gasteiger partial charge in [-0.2, -0.15) is 0 Å². The zero-order valence-corrected chi connectivity index (χ0v) is 18.1. The summed E-state index contributed by atoms with van der Waals surface area (Å²) in [4.78, 5) is 27.0. The van der Waals surface area contributed by atoms with Crippen LogP contribution >= 0.6 is 0 Å². The van der Waals surface area contributed by atoms with Crippen molar-refractivity contribution in [2.75, 3.05) is 26.8 Å². The Labute approximate surface area is 185 Å². The lowest BCUT2D eigenvalue weighted by atomic mass is 9.71. The van der Waals surface area contributed by atoms with Crippen molar-refractivity contribution in [2.24, 2.45) is 5.92 Å². The first kappa shape index (κ1) is 20.8. The Balaban J connectivity index is 1.31. The second kappa shape index (κ2) is 8.13. The molecular weight excluding hydrogens is 410 g/mol. The molecule has 1 aliphatic carbocycles. The molecule has 1 aromatic heterocycles. The lowest BCUT2D eigenvalue weighted by molar-refractivity contribution is -0.145. The fraction of sp³-hybridized carbons (Fsp3) is 0.440. The third kappa shape index (κ3) is 3.71. The summed E-state index contributed by atoms with van der Waals surface area (Å²) >= 11 is 0. The molecule has 1 saturated heterocycles. The van der Waals surface area contributed by atoms with Crippen LogP contribution in [-0.2, 0) is 4.79 Å². The molecule has 2 atom stereocenters. The van der Waals surface area contributed by atoms with Gasteiger partial charge in [-0.1, -0.05) is 12.8 Å². The predicted octanol–water partition coefficient (Wildman–Crippen LogP) is 3.49. The topological polar surface area (TPSA) is 89.2 Å². The highest BCUT2D eigenvalue weighted by Crippen LogP contribution is 2.39. The molecule has 7 heteroatoms. The molecule has 0 spiro atoms. The molecule has 5 rings (SSSR count). The number of carbonyl (C=O) groups excluding carboxylic acids is 1. The van der Waals surface area contributed by atoms with Gasteiger partial charge in [-0.25, -0.2) is 4.79 Å². The summed E-state index contributed by atoms with van der Waals surface area (Å²) in [7, 11) is 1.55. The van der Waals surface area contributed by atoms with Crippen LogP contribution in [0.15, 0.2) is 45.6 Å². The van der Waals surface area contributed by atoms with Crippen LogP contribution in [0.5, 0.6) is 11.5 Å². The van der Waals surface area contributed by atoms with E-state index in [1.807, 2.05) is 12.1 Å². The molecular formula is C25H27NO6. The van der Waals surface area contributed by atoms with Crippen LogP contribution < -0.4 is 15.1 Å². The van der Waals surface area contributed by atoms with Gasteiger partial charge < -0.3 is 23.9 Å². The summed E-state index contributed by atoms with van der Waals surface area (Å²) in [5.74, 6) is 1.11. The summed E-state index contributed by atoms with van der Waals surface area (Å²) in [6, 6.07) is 10.5. The average molecular weight is 437 g/mol. The van der Waals surface area contributed by atoms with Crippen LogP contribution in [0.3, 0.4) is 0 Å². The van der Waals surface area contributed by atoms with E-state index in [0.717, 1.165) is 36.5 Å². The van der Waals surface area contributed by atoms with E-state index in [9.17, 15) is 14.7 Å². The summed E-state index contributed by atoms with van der Waals surface area (Å²) in [5.41, 5.74) is -0.658. The van der Waals surface area contributed by atoms with Gasteiger partial charge in [0.25, 0.3) is 5.91 Å². The molecule has 32 heavy (non-hydrogen) atoms. The fourth-order valence-corrected chi connectivity index (χ4v) is 5.14. The molecule has 1 aliphatic heterocycles. The maximum Gasteiger partial charge on any atom is 0.344 e. The van der Waals surface area contributed by atoms with E-state index in [1.165, 1.54) is 0 Å². The van der Waals surface area contributed by atoms with Crippen molar-refractivity contribution in [3.8, 4) is 11.5 Å². The summed E-state index contributed by atoms with van der Waals surface area (Å²) in [5, 5.41) is 12.8. The normalized spacial score (nSPS) is 23.2. The maximum absolute atomic E-state index is 12.7. The first-order valence-electron chi connectivity index (χ1n) is 11.1. The standard InChI is InChI=1S/C25H27NO6/c1-30-17-5-7-19-20-8-6-18(13-22(20)32-24(28)21(19)12-17)31-15-23(27)26-11-10-25(29)9-3-2-4-16(25)14-26/h5-8,12-13,16,29H,2-4,9-11,14-15H2,1H3/t16-,25+/m0/s1. The molecule has 2 aromatic carbocycles. The Hall–Kier alpha value is -3.06. The second-order valence-electron chi connectivity index (χ2n) is 8.88. The Morgan fingerprint density at radius 2 is 1.94 bits per heavy atom.